The van der Waals surface area contributed by atoms with E-state index in [9.17, 15) is 24.5 Å². The van der Waals surface area contributed by atoms with Gasteiger partial charge in [0.05, 0.1) is 16.4 Å². The number of halogens is 1. The molecule has 3 amide bonds. The van der Waals surface area contributed by atoms with Crippen LogP contribution in [0, 0.1) is 17.0 Å². The summed E-state index contributed by atoms with van der Waals surface area (Å²) < 4.78 is 11.6. The highest BCUT2D eigenvalue weighted by Gasteiger charge is 2.36. The molecule has 0 spiro atoms. The van der Waals surface area contributed by atoms with Crippen molar-refractivity contribution in [2.45, 2.75) is 20.5 Å². The topological polar surface area (TPSA) is 128 Å². The summed E-state index contributed by atoms with van der Waals surface area (Å²) in [6.07, 6.45) is 1.55. The Kier molecular flexibility index (Phi) is 9.08. The van der Waals surface area contributed by atoms with Gasteiger partial charge < -0.3 is 14.8 Å². The van der Waals surface area contributed by atoms with Gasteiger partial charge in [-0.05, 0) is 84.8 Å². The van der Waals surface area contributed by atoms with Crippen LogP contribution in [0.4, 0.5) is 16.2 Å². The number of ether oxygens (including phenoxy) is 2. The number of rotatable bonds is 10. The summed E-state index contributed by atoms with van der Waals surface area (Å²) in [6.45, 7) is 3.70. The van der Waals surface area contributed by atoms with Crippen molar-refractivity contribution < 1.29 is 28.8 Å². The minimum absolute atomic E-state index is 0.00985. The van der Waals surface area contributed by atoms with Gasteiger partial charge >= 0.3 is 0 Å². The highest BCUT2D eigenvalue weighted by molar-refractivity contribution is 8.18. The van der Waals surface area contributed by atoms with Crippen molar-refractivity contribution in [3.63, 3.8) is 0 Å². The number of carbonyl (C=O) groups excluding carboxylic acids is 3. The number of benzene rings is 3. The number of nitrogens with zero attached hydrogens (tertiary/aromatic N) is 2. The molecule has 1 saturated heterocycles. The SMILES string of the molecule is CCOc1cc(/C=C2/SC(=O)N(CC(=O)Nc3cc(Cl)ccc3C)C2=O)ccc1OCc1ccc([N+](=O)[O-])cc1. The fraction of sp³-hybridized carbons (Fsp3) is 0.179. The molecule has 0 saturated carbocycles. The Morgan fingerprint density at radius 3 is 2.52 bits per heavy atom. The Morgan fingerprint density at radius 1 is 1.07 bits per heavy atom. The van der Waals surface area contributed by atoms with Crippen LogP contribution < -0.4 is 14.8 Å². The third-order valence-electron chi connectivity index (χ3n) is 5.76. The number of nitrogens with one attached hydrogen (secondary N) is 1. The number of hydrogen-bond donors (Lipinski definition) is 1. The maximum Gasteiger partial charge on any atom is 0.294 e. The van der Waals surface area contributed by atoms with Crippen molar-refractivity contribution in [1.82, 2.24) is 4.90 Å². The van der Waals surface area contributed by atoms with Gasteiger partial charge in [0, 0.05) is 22.8 Å². The Labute approximate surface area is 239 Å². The molecule has 12 heteroatoms. The van der Waals surface area contributed by atoms with Crippen LogP contribution in [0.2, 0.25) is 5.02 Å². The standard InChI is InChI=1S/C28H24ClN3O7S/c1-3-38-24-12-19(7-11-23(24)39-16-18-5-9-21(10-6-18)32(36)37)13-25-27(34)31(28(35)40-25)15-26(33)30-22-14-20(29)8-4-17(22)2/h4-14H,3,15-16H2,1-2H3,(H,30,33)/b25-13+. The van der Waals surface area contributed by atoms with Crippen LogP contribution >= 0.6 is 23.4 Å². The summed E-state index contributed by atoms with van der Waals surface area (Å²) >= 11 is 6.74. The van der Waals surface area contributed by atoms with Crippen LogP contribution in [0.3, 0.4) is 0 Å². The van der Waals surface area contributed by atoms with E-state index in [1.54, 1.807) is 61.5 Å². The number of nitro benzene ring substituents is 1. The van der Waals surface area contributed by atoms with Crippen LogP contribution in [-0.4, -0.2) is 40.0 Å². The third kappa shape index (κ3) is 6.99. The zero-order valence-corrected chi connectivity index (χ0v) is 23.1. The number of carbonyl (C=O) groups is 3. The highest BCUT2D eigenvalue weighted by atomic mass is 35.5. The lowest BCUT2D eigenvalue weighted by molar-refractivity contribution is -0.384. The predicted molar refractivity (Wildman–Crippen MR) is 153 cm³/mol. The average Bonchev–Trinajstić information content (AvgIpc) is 3.18. The molecular formula is C28H24ClN3O7S. The zero-order valence-electron chi connectivity index (χ0n) is 21.5. The van der Waals surface area contributed by atoms with Gasteiger partial charge in [-0.2, -0.15) is 0 Å². The maximum absolute atomic E-state index is 12.9. The number of nitro groups is 1. The van der Waals surface area contributed by atoms with Crippen molar-refractivity contribution >= 4 is 57.9 Å². The van der Waals surface area contributed by atoms with E-state index in [1.807, 2.05) is 6.92 Å². The Balaban J connectivity index is 1.44. The smallest absolute Gasteiger partial charge is 0.294 e. The van der Waals surface area contributed by atoms with E-state index in [0.717, 1.165) is 27.8 Å². The first-order chi connectivity index (χ1) is 19.1. The van der Waals surface area contributed by atoms with E-state index in [0.29, 0.717) is 34.4 Å². The largest absolute Gasteiger partial charge is 0.490 e. The summed E-state index contributed by atoms with van der Waals surface area (Å²) in [5.41, 5.74) is 2.61. The fourth-order valence-electron chi connectivity index (χ4n) is 3.73. The molecule has 40 heavy (non-hydrogen) atoms. The van der Waals surface area contributed by atoms with Crippen LogP contribution in [-0.2, 0) is 16.2 Å². The molecule has 1 heterocycles. The van der Waals surface area contributed by atoms with E-state index in [4.69, 9.17) is 21.1 Å². The van der Waals surface area contributed by atoms with Crippen molar-refractivity contribution in [3.8, 4) is 11.5 Å². The Morgan fingerprint density at radius 2 is 1.82 bits per heavy atom. The van der Waals surface area contributed by atoms with Gasteiger partial charge in [-0.3, -0.25) is 29.4 Å². The molecule has 0 aliphatic carbocycles. The van der Waals surface area contributed by atoms with E-state index in [1.165, 1.54) is 12.1 Å². The number of non-ortho nitro benzene ring substituents is 1. The zero-order chi connectivity index (χ0) is 28.8. The van der Waals surface area contributed by atoms with E-state index >= 15 is 0 Å². The molecule has 3 aromatic rings. The fourth-order valence-corrected chi connectivity index (χ4v) is 4.74. The van der Waals surface area contributed by atoms with Crippen LogP contribution in [0.15, 0.2) is 65.6 Å². The molecule has 1 aliphatic heterocycles. The first kappa shape index (κ1) is 28.7. The number of thioether (sulfide) groups is 1. The van der Waals surface area contributed by atoms with Gasteiger partial charge in [0.25, 0.3) is 16.8 Å². The van der Waals surface area contributed by atoms with Crippen molar-refractivity contribution in [1.29, 1.82) is 0 Å². The molecule has 4 rings (SSSR count). The average molecular weight is 582 g/mol. The molecule has 0 unspecified atom stereocenters. The number of aryl methyl sites for hydroxylation is 1. The number of imide groups is 1. The maximum atomic E-state index is 12.9. The number of amides is 3. The Bertz CT molecular complexity index is 1510. The summed E-state index contributed by atoms with van der Waals surface area (Å²) in [4.78, 5) is 49.5. The summed E-state index contributed by atoms with van der Waals surface area (Å²) in [7, 11) is 0. The second-order valence-corrected chi connectivity index (χ2v) is 10.1. The normalized spacial score (nSPS) is 14.0. The summed E-state index contributed by atoms with van der Waals surface area (Å²) in [6, 6.07) is 16.1. The third-order valence-corrected chi connectivity index (χ3v) is 6.90. The molecule has 3 aromatic carbocycles. The van der Waals surface area contributed by atoms with E-state index in [2.05, 4.69) is 5.32 Å². The quantitative estimate of drug-likeness (QED) is 0.170. The molecule has 0 aromatic heterocycles. The molecule has 0 atom stereocenters. The van der Waals surface area contributed by atoms with Crippen molar-refractivity contribution in [2.24, 2.45) is 0 Å². The van der Waals surface area contributed by atoms with E-state index < -0.39 is 28.5 Å². The van der Waals surface area contributed by atoms with Crippen molar-refractivity contribution in [2.75, 3.05) is 18.5 Å². The van der Waals surface area contributed by atoms with Gasteiger partial charge in [0.2, 0.25) is 5.91 Å². The van der Waals surface area contributed by atoms with Gasteiger partial charge in [0.15, 0.2) is 11.5 Å². The first-order valence-electron chi connectivity index (χ1n) is 12.1. The highest BCUT2D eigenvalue weighted by Crippen LogP contribution is 2.35. The molecule has 1 aliphatic rings. The van der Waals surface area contributed by atoms with Crippen LogP contribution in [0.5, 0.6) is 11.5 Å². The molecule has 1 N–H and O–H groups in total. The number of anilines is 1. The predicted octanol–water partition coefficient (Wildman–Crippen LogP) is 6.21. The van der Waals surface area contributed by atoms with Gasteiger partial charge in [-0.25, -0.2) is 0 Å². The monoisotopic (exact) mass is 581 g/mol. The van der Waals surface area contributed by atoms with Crippen LogP contribution in [0.1, 0.15) is 23.6 Å². The molecule has 0 radical (unpaired) electrons. The van der Waals surface area contributed by atoms with Gasteiger partial charge in [0.1, 0.15) is 13.2 Å². The lowest BCUT2D eigenvalue weighted by atomic mass is 10.1. The van der Waals surface area contributed by atoms with Gasteiger partial charge in [-0.15, -0.1) is 0 Å². The summed E-state index contributed by atoms with van der Waals surface area (Å²) in [5, 5.41) is 13.4. The molecule has 0 bridgehead atoms. The van der Waals surface area contributed by atoms with Gasteiger partial charge in [-0.1, -0.05) is 23.7 Å². The summed E-state index contributed by atoms with van der Waals surface area (Å²) in [5.74, 6) is -0.237. The number of hydrogen-bond acceptors (Lipinski definition) is 8. The first-order valence-corrected chi connectivity index (χ1v) is 13.3. The van der Waals surface area contributed by atoms with E-state index in [-0.39, 0.29) is 17.2 Å². The molecular weight excluding hydrogens is 558 g/mol. The molecule has 206 valence electrons. The molecule has 10 nitrogen and oxygen atoms in total. The molecule has 1 fully saturated rings. The van der Waals surface area contributed by atoms with Crippen LogP contribution in [0.25, 0.3) is 6.08 Å². The second-order valence-electron chi connectivity index (χ2n) is 8.63. The minimum atomic E-state index is -0.579. The lowest BCUT2D eigenvalue weighted by Crippen LogP contribution is -2.36. The van der Waals surface area contributed by atoms with Crippen molar-refractivity contribution in [3.05, 3.63) is 97.4 Å². The lowest BCUT2D eigenvalue weighted by Gasteiger charge is -2.14. The minimum Gasteiger partial charge on any atom is -0.490 e. The second kappa shape index (κ2) is 12.7. The Hall–Kier alpha value is -4.35.